The van der Waals surface area contributed by atoms with Gasteiger partial charge in [-0.15, -0.1) is 0 Å². The minimum Gasteiger partial charge on any atom is -0.368 e. The summed E-state index contributed by atoms with van der Waals surface area (Å²) >= 11 is 0. The fourth-order valence-corrected chi connectivity index (χ4v) is 5.19. The molecule has 1 saturated heterocycles. The lowest BCUT2D eigenvalue weighted by molar-refractivity contribution is -0.200. The molecule has 0 radical (unpaired) electrons. The van der Waals surface area contributed by atoms with Crippen LogP contribution in [0.2, 0.25) is 0 Å². The summed E-state index contributed by atoms with van der Waals surface area (Å²) in [6, 6.07) is 6.95. The zero-order valence-corrected chi connectivity index (χ0v) is 21.1. The number of alkyl halides is 3. The highest BCUT2D eigenvalue weighted by atomic mass is 32.2. The monoisotopic (exact) mass is 525 g/mol. The largest absolute Gasteiger partial charge is 0.408 e. The molecule has 1 heterocycles. The lowest BCUT2D eigenvalue weighted by Crippen LogP contribution is -2.57. The van der Waals surface area contributed by atoms with E-state index in [9.17, 15) is 31.2 Å². The first-order valence-electron chi connectivity index (χ1n) is 11.5. The van der Waals surface area contributed by atoms with E-state index in [0.29, 0.717) is 11.1 Å². The van der Waals surface area contributed by atoms with Crippen LogP contribution in [0.15, 0.2) is 53.4 Å². The lowest BCUT2D eigenvalue weighted by atomic mass is 9.93. The summed E-state index contributed by atoms with van der Waals surface area (Å²) in [6.07, 6.45) is -3.52. The van der Waals surface area contributed by atoms with Crippen molar-refractivity contribution in [2.24, 2.45) is 11.7 Å². The highest BCUT2D eigenvalue weighted by Gasteiger charge is 2.52. The Morgan fingerprint density at radius 1 is 1.08 bits per heavy atom. The van der Waals surface area contributed by atoms with E-state index in [1.807, 2.05) is 0 Å². The number of primary amides is 1. The molecule has 7 nitrogen and oxygen atoms in total. The third-order valence-electron chi connectivity index (χ3n) is 6.21. The fraction of sp³-hybridized carbons (Fsp3) is 0.440. The van der Waals surface area contributed by atoms with Crippen LogP contribution < -0.4 is 11.1 Å². The maximum absolute atomic E-state index is 14.6. The SMILES string of the molecule is CC(C)C[C@@H](C(N)=O)N(C1CCNC1=O)[C@@H](c1ccc(-c2ccc(S(C)(=O)=O)cc2)cc1)C(F)(F)F. The Morgan fingerprint density at radius 3 is 2.00 bits per heavy atom. The van der Waals surface area contributed by atoms with Gasteiger partial charge in [0.1, 0.15) is 6.04 Å². The molecule has 1 aliphatic heterocycles. The van der Waals surface area contributed by atoms with E-state index in [2.05, 4.69) is 5.32 Å². The van der Waals surface area contributed by atoms with E-state index in [1.54, 1.807) is 26.0 Å². The third-order valence-corrected chi connectivity index (χ3v) is 7.34. The van der Waals surface area contributed by atoms with Crippen LogP contribution >= 0.6 is 0 Å². The van der Waals surface area contributed by atoms with Crippen molar-refractivity contribution in [1.29, 1.82) is 0 Å². The molecule has 3 N–H and O–H groups in total. The van der Waals surface area contributed by atoms with Crippen molar-refractivity contribution < 1.29 is 31.2 Å². The summed E-state index contributed by atoms with van der Waals surface area (Å²) in [5.74, 6) is -1.62. The van der Waals surface area contributed by atoms with Crippen molar-refractivity contribution in [2.75, 3.05) is 12.8 Å². The summed E-state index contributed by atoms with van der Waals surface area (Å²) in [6.45, 7) is 3.75. The van der Waals surface area contributed by atoms with Gasteiger partial charge in [-0.25, -0.2) is 8.42 Å². The Bertz CT molecular complexity index is 1200. The second-order valence-electron chi connectivity index (χ2n) is 9.45. The van der Waals surface area contributed by atoms with Crippen LogP contribution in [-0.2, 0) is 19.4 Å². The number of benzene rings is 2. The van der Waals surface area contributed by atoms with Gasteiger partial charge in [-0.1, -0.05) is 50.2 Å². The Hall–Kier alpha value is -2.92. The van der Waals surface area contributed by atoms with Crippen LogP contribution in [0.1, 0.15) is 38.3 Å². The van der Waals surface area contributed by atoms with Crippen LogP contribution in [0.25, 0.3) is 11.1 Å². The second-order valence-corrected chi connectivity index (χ2v) is 11.5. The normalized spacial score (nSPS) is 18.3. The van der Waals surface area contributed by atoms with Gasteiger partial charge in [-0.2, -0.15) is 13.2 Å². The summed E-state index contributed by atoms with van der Waals surface area (Å²) < 4.78 is 67.2. The van der Waals surface area contributed by atoms with E-state index in [4.69, 9.17) is 5.73 Å². The lowest BCUT2D eigenvalue weighted by Gasteiger charge is -2.41. The van der Waals surface area contributed by atoms with E-state index >= 15 is 0 Å². The maximum atomic E-state index is 14.6. The molecule has 11 heteroatoms. The number of nitrogens with two attached hydrogens (primary N) is 1. The van der Waals surface area contributed by atoms with E-state index < -0.39 is 46.0 Å². The predicted octanol–water partition coefficient (Wildman–Crippen LogP) is 3.45. The van der Waals surface area contributed by atoms with E-state index in [1.165, 1.54) is 36.4 Å². The number of hydrogen-bond acceptors (Lipinski definition) is 5. The number of amides is 2. The molecule has 0 aliphatic carbocycles. The molecule has 3 rings (SSSR count). The zero-order chi connectivity index (χ0) is 26.8. The topological polar surface area (TPSA) is 110 Å². The Labute approximate surface area is 208 Å². The average molecular weight is 526 g/mol. The van der Waals surface area contributed by atoms with Gasteiger partial charge < -0.3 is 11.1 Å². The van der Waals surface area contributed by atoms with Gasteiger partial charge in [-0.05, 0) is 47.6 Å². The highest BCUT2D eigenvalue weighted by Crippen LogP contribution is 2.42. The number of carbonyl (C=O) groups excluding carboxylic acids is 2. The van der Waals surface area contributed by atoms with Crippen molar-refractivity contribution in [1.82, 2.24) is 10.2 Å². The number of nitrogens with zero attached hydrogens (tertiary/aromatic N) is 1. The number of nitrogens with one attached hydrogen (secondary N) is 1. The van der Waals surface area contributed by atoms with Gasteiger partial charge in [0, 0.05) is 12.8 Å². The average Bonchev–Trinajstić information content (AvgIpc) is 3.20. The van der Waals surface area contributed by atoms with Crippen molar-refractivity contribution in [3.63, 3.8) is 0 Å². The van der Waals surface area contributed by atoms with E-state index in [0.717, 1.165) is 11.2 Å². The summed E-state index contributed by atoms with van der Waals surface area (Å²) in [7, 11) is -3.38. The number of rotatable bonds is 9. The Morgan fingerprint density at radius 2 is 1.61 bits per heavy atom. The van der Waals surface area contributed by atoms with Crippen molar-refractivity contribution in [3.8, 4) is 11.1 Å². The smallest absolute Gasteiger partial charge is 0.368 e. The molecule has 1 fully saturated rings. The number of carbonyl (C=O) groups is 2. The quantitative estimate of drug-likeness (QED) is 0.521. The molecule has 0 aromatic heterocycles. The van der Waals surface area contributed by atoms with Gasteiger partial charge in [0.05, 0.1) is 17.0 Å². The van der Waals surface area contributed by atoms with Crippen molar-refractivity contribution >= 4 is 21.7 Å². The van der Waals surface area contributed by atoms with Gasteiger partial charge in [0.15, 0.2) is 9.84 Å². The first kappa shape index (κ1) is 27.7. The molecule has 2 aromatic carbocycles. The van der Waals surface area contributed by atoms with Gasteiger partial charge in [0.2, 0.25) is 11.8 Å². The van der Waals surface area contributed by atoms with Crippen LogP contribution in [0.4, 0.5) is 13.2 Å². The summed E-state index contributed by atoms with van der Waals surface area (Å²) in [4.78, 5) is 26.0. The van der Waals surface area contributed by atoms with Gasteiger partial charge in [-0.3, -0.25) is 14.5 Å². The molecule has 1 unspecified atom stereocenters. The van der Waals surface area contributed by atoms with Gasteiger partial charge >= 0.3 is 6.18 Å². The van der Waals surface area contributed by atoms with Crippen molar-refractivity contribution in [2.45, 2.75) is 55.9 Å². The molecule has 36 heavy (non-hydrogen) atoms. The predicted molar refractivity (Wildman–Crippen MR) is 129 cm³/mol. The molecule has 0 bridgehead atoms. The van der Waals surface area contributed by atoms with Crippen LogP contribution in [0, 0.1) is 5.92 Å². The van der Waals surface area contributed by atoms with Crippen LogP contribution in [-0.4, -0.2) is 56.2 Å². The maximum Gasteiger partial charge on any atom is 0.408 e. The summed E-state index contributed by atoms with van der Waals surface area (Å²) in [5.41, 5.74) is 6.65. The highest BCUT2D eigenvalue weighted by molar-refractivity contribution is 7.90. The van der Waals surface area contributed by atoms with E-state index in [-0.39, 0.29) is 35.8 Å². The fourth-order valence-electron chi connectivity index (χ4n) is 4.56. The first-order chi connectivity index (χ1) is 16.7. The Balaban J connectivity index is 2.05. The standard InChI is InChI=1S/C25H30F3N3O4S/c1-15(2)14-21(23(29)32)31(20-12-13-30-24(20)33)22(25(26,27)28)18-6-4-16(5-7-18)17-8-10-19(11-9-17)36(3,34)35/h4-11,15,20-22H,12-14H2,1-3H3,(H2,29,32)(H,30,33)/t20?,21-,22-/m0/s1. The Kier molecular flexibility index (Phi) is 8.14. The number of halogens is 3. The minimum absolute atomic E-state index is 0.0659. The molecule has 2 aromatic rings. The summed E-state index contributed by atoms with van der Waals surface area (Å²) in [5, 5.41) is 2.56. The molecule has 3 atom stereocenters. The molecule has 196 valence electrons. The molecule has 0 spiro atoms. The second kappa shape index (κ2) is 10.6. The van der Waals surface area contributed by atoms with Crippen LogP contribution in [0.5, 0.6) is 0 Å². The third kappa shape index (κ3) is 6.25. The number of sulfone groups is 1. The zero-order valence-electron chi connectivity index (χ0n) is 20.2. The molecule has 1 aliphatic rings. The van der Waals surface area contributed by atoms with Crippen molar-refractivity contribution in [3.05, 3.63) is 54.1 Å². The number of hydrogen-bond donors (Lipinski definition) is 2. The first-order valence-corrected chi connectivity index (χ1v) is 13.4. The van der Waals surface area contributed by atoms with Crippen LogP contribution in [0.3, 0.4) is 0 Å². The molecular formula is C25H30F3N3O4S. The van der Waals surface area contributed by atoms with Gasteiger partial charge in [0.25, 0.3) is 0 Å². The molecular weight excluding hydrogens is 495 g/mol. The molecule has 0 saturated carbocycles. The molecule has 2 amide bonds. The minimum atomic E-state index is -4.80.